The summed E-state index contributed by atoms with van der Waals surface area (Å²) in [5.74, 6) is 0.647. The summed E-state index contributed by atoms with van der Waals surface area (Å²) >= 11 is 17.0. The lowest BCUT2D eigenvalue weighted by atomic mass is 10.0. The molecule has 0 aliphatic rings. The van der Waals surface area contributed by atoms with Crippen molar-refractivity contribution >= 4 is 68.4 Å². The number of halogens is 3. The molecule has 0 fully saturated rings. The van der Waals surface area contributed by atoms with Crippen molar-refractivity contribution in [2.75, 3.05) is 11.1 Å². The van der Waals surface area contributed by atoms with Crippen LogP contribution in [0.25, 0.3) is 0 Å². The number of anilines is 1. The van der Waals surface area contributed by atoms with Crippen LogP contribution in [0.3, 0.4) is 0 Å². The standard InChI is InChI=1S/C25H28BrCl2N5O2S/c1-5-33-23(21(10-14(2)3)30-24(35)18-8-7-17(27)12-19(18)28)31-32-25(33)36-13-22(34)29-20-9-6-16(26)11-15(20)4/h6-9,11-12,14,21H,5,10,13H2,1-4H3,(H,29,34)(H,30,35)/t21-/m1/s1. The minimum absolute atomic E-state index is 0.137. The van der Waals surface area contributed by atoms with Crippen LogP contribution in [-0.4, -0.2) is 32.3 Å². The first-order chi connectivity index (χ1) is 17.1. The fourth-order valence-corrected chi connectivity index (χ4v) is 5.43. The lowest BCUT2D eigenvalue weighted by molar-refractivity contribution is -0.113. The molecule has 1 atom stereocenters. The zero-order chi connectivity index (χ0) is 26.4. The molecular formula is C25H28BrCl2N5O2S. The first-order valence-electron chi connectivity index (χ1n) is 11.5. The summed E-state index contributed by atoms with van der Waals surface area (Å²) in [5, 5.41) is 16.1. The van der Waals surface area contributed by atoms with Crippen LogP contribution in [-0.2, 0) is 11.3 Å². The quantitative estimate of drug-likeness (QED) is 0.243. The van der Waals surface area contributed by atoms with Gasteiger partial charge in [-0.3, -0.25) is 9.59 Å². The van der Waals surface area contributed by atoms with Crippen LogP contribution in [0.4, 0.5) is 5.69 Å². The molecule has 0 radical (unpaired) electrons. The number of benzene rings is 2. The molecule has 0 aliphatic heterocycles. The Morgan fingerprint density at radius 1 is 1.14 bits per heavy atom. The zero-order valence-corrected chi connectivity index (χ0v) is 24.4. The van der Waals surface area contributed by atoms with E-state index in [0.717, 1.165) is 15.7 Å². The molecule has 0 bridgehead atoms. The number of aryl methyl sites for hydroxylation is 1. The summed E-state index contributed by atoms with van der Waals surface area (Å²) in [5.41, 5.74) is 2.07. The molecule has 192 valence electrons. The number of nitrogens with zero attached hydrogens (tertiary/aromatic N) is 3. The highest BCUT2D eigenvalue weighted by atomic mass is 79.9. The number of hydrogen-bond donors (Lipinski definition) is 2. The highest BCUT2D eigenvalue weighted by Crippen LogP contribution is 2.27. The monoisotopic (exact) mass is 611 g/mol. The number of nitrogens with one attached hydrogen (secondary N) is 2. The van der Waals surface area contributed by atoms with Gasteiger partial charge < -0.3 is 15.2 Å². The first kappa shape index (κ1) is 28.5. The van der Waals surface area contributed by atoms with Crippen molar-refractivity contribution in [1.82, 2.24) is 20.1 Å². The minimum Gasteiger partial charge on any atom is -0.342 e. The van der Waals surface area contributed by atoms with Crippen LogP contribution in [0.1, 0.15) is 55.0 Å². The van der Waals surface area contributed by atoms with E-state index in [1.165, 1.54) is 11.8 Å². The molecule has 3 rings (SSSR count). The van der Waals surface area contributed by atoms with E-state index < -0.39 is 0 Å². The molecule has 0 aliphatic carbocycles. The van der Waals surface area contributed by atoms with E-state index in [9.17, 15) is 9.59 Å². The normalized spacial score (nSPS) is 12.0. The Hall–Kier alpha value is -2.07. The van der Waals surface area contributed by atoms with E-state index >= 15 is 0 Å². The smallest absolute Gasteiger partial charge is 0.253 e. The van der Waals surface area contributed by atoms with Gasteiger partial charge in [-0.2, -0.15) is 0 Å². The summed E-state index contributed by atoms with van der Waals surface area (Å²) in [7, 11) is 0. The van der Waals surface area contributed by atoms with Crippen molar-refractivity contribution in [2.24, 2.45) is 5.92 Å². The molecule has 7 nitrogen and oxygen atoms in total. The van der Waals surface area contributed by atoms with Crippen molar-refractivity contribution in [2.45, 2.75) is 51.9 Å². The van der Waals surface area contributed by atoms with E-state index in [1.807, 2.05) is 36.6 Å². The average Bonchev–Trinajstić information content (AvgIpc) is 3.21. The third-order valence-electron chi connectivity index (χ3n) is 5.36. The van der Waals surface area contributed by atoms with Gasteiger partial charge in [0.25, 0.3) is 5.91 Å². The largest absolute Gasteiger partial charge is 0.342 e. The van der Waals surface area contributed by atoms with Crippen molar-refractivity contribution in [3.8, 4) is 0 Å². The van der Waals surface area contributed by atoms with Crippen molar-refractivity contribution in [1.29, 1.82) is 0 Å². The minimum atomic E-state index is -0.384. The second-order valence-electron chi connectivity index (χ2n) is 8.66. The van der Waals surface area contributed by atoms with Crippen LogP contribution in [0.5, 0.6) is 0 Å². The van der Waals surface area contributed by atoms with Gasteiger partial charge in [0.2, 0.25) is 5.91 Å². The highest BCUT2D eigenvalue weighted by molar-refractivity contribution is 9.10. The molecule has 1 heterocycles. The Balaban J connectivity index is 1.75. The number of rotatable bonds is 10. The van der Waals surface area contributed by atoms with E-state index in [0.29, 0.717) is 34.5 Å². The molecule has 0 unspecified atom stereocenters. The van der Waals surface area contributed by atoms with Crippen molar-refractivity contribution in [3.05, 3.63) is 67.9 Å². The van der Waals surface area contributed by atoms with Crippen LogP contribution >= 0.6 is 50.9 Å². The Kier molecular flexibility index (Phi) is 10.2. The van der Waals surface area contributed by atoms with Crippen LogP contribution < -0.4 is 10.6 Å². The van der Waals surface area contributed by atoms with E-state index in [4.69, 9.17) is 23.2 Å². The lowest BCUT2D eigenvalue weighted by Crippen LogP contribution is -2.32. The van der Waals surface area contributed by atoms with Gasteiger partial charge >= 0.3 is 0 Å². The molecule has 2 amide bonds. The zero-order valence-electron chi connectivity index (χ0n) is 20.4. The van der Waals surface area contributed by atoms with Gasteiger partial charge in [-0.1, -0.05) is 64.7 Å². The molecule has 3 aromatic rings. The molecule has 2 aromatic carbocycles. The maximum Gasteiger partial charge on any atom is 0.253 e. The van der Waals surface area contributed by atoms with Gasteiger partial charge in [0.1, 0.15) is 0 Å². The molecule has 0 saturated heterocycles. The van der Waals surface area contributed by atoms with Crippen molar-refractivity contribution < 1.29 is 9.59 Å². The molecule has 0 saturated carbocycles. The summed E-state index contributed by atoms with van der Waals surface area (Å²) in [4.78, 5) is 25.6. The summed E-state index contributed by atoms with van der Waals surface area (Å²) in [6.45, 7) is 8.65. The number of thioether (sulfide) groups is 1. The predicted octanol–water partition coefficient (Wildman–Crippen LogP) is 6.92. The SMILES string of the molecule is CCn1c(SCC(=O)Nc2ccc(Br)cc2C)nnc1[C@@H](CC(C)C)NC(=O)c1ccc(Cl)cc1Cl. The highest BCUT2D eigenvalue weighted by Gasteiger charge is 2.25. The summed E-state index contributed by atoms with van der Waals surface area (Å²) < 4.78 is 2.89. The van der Waals surface area contributed by atoms with Gasteiger partial charge in [-0.15, -0.1) is 10.2 Å². The van der Waals surface area contributed by atoms with E-state index in [1.54, 1.807) is 18.2 Å². The maximum absolute atomic E-state index is 13.0. The van der Waals surface area contributed by atoms with Gasteiger partial charge in [0.05, 0.1) is 22.4 Å². The molecule has 1 aromatic heterocycles. The molecule has 11 heteroatoms. The average molecular weight is 613 g/mol. The number of hydrogen-bond acceptors (Lipinski definition) is 5. The van der Waals surface area contributed by atoms with Gasteiger partial charge in [0, 0.05) is 21.7 Å². The van der Waals surface area contributed by atoms with Crippen LogP contribution in [0.2, 0.25) is 10.0 Å². The van der Waals surface area contributed by atoms with E-state index in [-0.39, 0.29) is 34.5 Å². The maximum atomic E-state index is 13.0. The molecule has 2 N–H and O–H groups in total. The number of amides is 2. The Bertz CT molecular complexity index is 1250. The predicted molar refractivity (Wildman–Crippen MR) is 150 cm³/mol. The fourth-order valence-electron chi connectivity index (χ4n) is 3.66. The molecular weight excluding hydrogens is 585 g/mol. The van der Waals surface area contributed by atoms with Gasteiger partial charge in [-0.05, 0) is 68.1 Å². The Morgan fingerprint density at radius 3 is 2.53 bits per heavy atom. The van der Waals surface area contributed by atoms with Crippen LogP contribution in [0.15, 0.2) is 46.0 Å². The third kappa shape index (κ3) is 7.47. The lowest BCUT2D eigenvalue weighted by Gasteiger charge is -2.21. The second-order valence-corrected chi connectivity index (χ2v) is 11.4. The fraction of sp³-hybridized carbons (Fsp3) is 0.360. The Morgan fingerprint density at radius 2 is 1.89 bits per heavy atom. The number of carbonyl (C=O) groups excluding carboxylic acids is 2. The van der Waals surface area contributed by atoms with Gasteiger partial charge in [0.15, 0.2) is 11.0 Å². The first-order valence-corrected chi connectivity index (χ1v) is 14.0. The summed E-state index contributed by atoms with van der Waals surface area (Å²) in [6.07, 6.45) is 0.656. The Labute approximate surface area is 233 Å². The number of carbonyl (C=O) groups is 2. The third-order valence-corrected chi connectivity index (χ3v) is 7.36. The topological polar surface area (TPSA) is 88.9 Å². The summed E-state index contributed by atoms with van der Waals surface area (Å²) in [6, 6.07) is 10.1. The van der Waals surface area contributed by atoms with Crippen molar-refractivity contribution in [3.63, 3.8) is 0 Å². The molecule has 36 heavy (non-hydrogen) atoms. The van der Waals surface area contributed by atoms with Crippen LogP contribution in [0, 0.1) is 12.8 Å². The van der Waals surface area contributed by atoms with E-state index in [2.05, 4.69) is 50.6 Å². The van der Waals surface area contributed by atoms with Gasteiger partial charge in [-0.25, -0.2) is 0 Å². The number of aromatic nitrogens is 3. The molecule has 0 spiro atoms. The second kappa shape index (κ2) is 12.9.